The molecular weight excluding hydrogens is 208 g/mol. The standard InChI is InChI=1S/C12H24N2.ClH/c1-3-5-7-9-14-11-10-13(12-14)8-6-4-2;/h10-11H,3-9,12H2,1-2H3;1H. The molecular formula is C12H25ClN2. The van der Waals surface area contributed by atoms with Gasteiger partial charge in [-0.25, -0.2) is 0 Å². The number of rotatable bonds is 7. The molecule has 0 bridgehead atoms. The number of hydrogen-bond acceptors (Lipinski definition) is 2. The topological polar surface area (TPSA) is 6.48 Å². The van der Waals surface area contributed by atoms with Crippen molar-refractivity contribution in [2.75, 3.05) is 19.8 Å². The van der Waals surface area contributed by atoms with Gasteiger partial charge in [0.05, 0.1) is 6.67 Å². The van der Waals surface area contributed by atoms with Crippen LogP contribution >= 0.6 is 12.4 Å². The van der Waals surface area contributed by atoms with E-state index in [9.17, 15) is 0 Å². The van der Waals surface area contributed by atoms with Gasteiger partial charge in [-0.3, -0.25) is 0 Å². The molecule has 0 radical (unpaired) electrons. The minimum atomic E-state index is 0. The Labute approximate surface area is 101 Å². The molecule has 0 saturated carbocycles. The second kappa shape index (κ2) is 8.90. The van der Waals surface area contributed by atoms with E-state index in [1.54, 1.807) is 0 Å². The fourth-order valence-corrected chi connectivity index (χ4v) is 1.73. The van der Waals surface area contributed by atoms with Crippen LogP contribution in [0.4, 0.5) is 0 Å². The third-order valence-electron chi connectivity index (χ3n) is 2.70. The molecule has 1 aliphatic rings. The summed E-state index contributed by atoms with van der Waals surface area (Å²) in [5.74, 6) is 0. The Balaban J connectivity index is 0.00000196. The molecule has 0 atom stereocenters. The van der Waals surface area contributed by atoms with Crippen LogP contribution in [0, 0.1) is 0 Å². The quantitative estimate of drug-likeness (QED) is 0.621. The zero-order valence-electron chi connectivity index (χ0n) is 10.1. The van der Waals surface area contributed by atoms with E-state index in [1.165, 1.54) is 45.2 Å². The van der Waals surface area contributed by atoms with Gasteiger partial charge in [-0.15, -0.1) is 12.4 Å². The number of nitrogens with zero attached hydrogens (tertiary/aromatic N) is 2. The maximum Gasteiger partial charge on any atom is 0.0893 e. The largest absolute Gasteiger partial charge is 0.359 e. The highest BCUT2D eigenvalue weighted by Crippen LogP contribution is 2.09. The Bertz CT molecular complexity index is 171. The second-order valence-corrected chi connectivity index (χ2v) is 4.12. The van der Waals surface area contributed by atoms with Crippen LogP contribution in [0.3, 0.4) is 0 Å². The smallest absolute Gasteiger partial charge is 0.0893 e. The molecule has 0 aromatic heterocycles. The van der Waals surface area contributed by atoms with Crippen LogP contribution in [0.15, 0.2) is 12.4 Å². The van der Waals surface area contributed by atoms with Crippen molar-refractivity contribution in [3.05, 3.63) is 12.4 Å². The molecule has 0 spiro atoms. The van der Waals surface area contributed by atoms with Crippen molar-refractivity contribution in [2.45, 2.75) is 46.0 Å². The fraction of sp³-hybridized carbons (Fsp3) is 0.833. The van der Waals surface area contributed by atoms with Gasteiger partial charge in [0.15, 0.2) is 0 Å². The first-order valence-electron chi connectivity index (χ1n) is 6.03. The first-order chi connectivity index (χ1) is 6.86. The summed E-state index contributed by atoms with van der Waals surface area (Å²) in [6.07, 6.45) is 11.1. The van der Waals surface area contributed by atoms with Crippen molar-refractivity contribution >= 4 is 12.4 Å². The first-order valence-corrected chi connectivity index (χ1v) is 6.03. The number of halogens is 1. The highest BCUT2D eigenvalue weighted by atomic mass is 35.5. The lowest BCUT2D eigenvalue weighted by atomic mass is 10.2. The van der Waals surface area contributed by atoms with Gasteiger partial charge in [0, 0.05) is 25.5 Å². The summed E-state index contributed by atoms with van der Waals surface area (Å²) in [6.45, 7) is 8.07. The van der Waals surface area contributed by atoms with Gasteiger partial charge in [0.2, 0.25) is 0 Å². The third kappa shape index (κ3) is 5.93. The van der Waals surface area contributed by atoms with Crippen LogP contribution < -0.4 is 0 Å². The van der Waals surface area contributed by atoms with E-state index in [1.807, 2.05) is 0 Å². The molecule has 1 aliphatic heterocycles. The number of hydrogen-bond donors (Lipinski definition) is 0. The average molecular weight is 233 g/mol. The minimum Gasteiger partial charge on any atom is -0.359 e. The molecule has 3 heteroatoms. The Morgan fingerprint density at radius 2 is 1.40 bits per heavy atom. The monoisotopic (exact) mass is 232 g/mol. The van der Waals surface area contributed by atoms with Gasteiger partial charge in [0.1, 0.15) is 0 Å². The van der Waals surface area contributed by atoms with Crippen molar-refractivity contribution in [1.82, 2.24) is 9.80 Å². The van der Waals surface area contributed by atoms with Crippen molar-refractivity contribution in [3.8, 4) is 0 Å². The SMILES string of the molecule is CCCCCN1C=CN(CCCC)C1.Cl. The maximum atomic E-state index is 2.42. The summed E-state index contributed by atoms with van der Waals surface area (Å²) in [5, 5.41) is 0. The van der Waals surface area contributed by atoms with Gasteiger partial charge < -0.3 is 9.80 Å². The van der Waals surface area contributed by atoms with Crippen LogP contribution in [0.2, 0.25) is 0 Å². The maximum absolute atomic E-state index is 2.42. The van der Waals surface area contributed by atoms with E-state index < -0.39 is 0 Å². The Morgan fingerprint density at radius 3 is 1.93 bits per heavy atom. The van der Waals surface area contributed by atoms with Crippen molar-refractivity contribution in [3.63, 3.8) is 0 Å². The van der Waals surface area contributed by atoms with E-state index in [4.69, 9.17) is 0 Å². The molecule has 0 aromatic carbocycles. The zero-order chi connectivity index (χ0) is 10.2. The van der Waals surface area contributed by atoms with Crippen LogP contribution in [0.1, 0.15) is 46.0 Å². The van der Waals surface area contributed by atoms with E-state index >= 15 is 0 Å². The van der Waals surface area contributed by atoms with Crippen LogP contribution in [0.5, 0.6) is 0 Å². The lowest BCUT2D eigenvalue weighted by Gasteiger charge is -2.20. The van der Waals surface area contributed by atoms with Gasteiger partial charge in [-0.2, -0.15) is 0 Å². The Morgan fingerprint density at radius 1 is 0.867 bits per heavy atom. The zero-order valence-corrected chi connectivity index (χ0v) is 10.9. The molecule has 0 saturated heterocycles. The van der Waals surface area contributed by atoms with Gasteiger partial charge in [0.25, 0.3) is 0 Å². The molecule has 2 nitrogen and oxygen atoms in total. The highest BCUT2D eigenvalue weighted by Gasteiger charge is 2.10. The molecule has 0 aromatic rings. The molecule has 15 heavy (non-hydrogen) atoms. The Hall–Kier alpha value is -0.370. The predicted octanol–water partition coefficient (Wildman–Crippen LogP) is 3.44. The predicted molar refractivity (Wildman–Crippen MR) is 69.1 cm³/mol. The summed E-state index contributed by atoms with van der Waals surface area (Å²) in [4.78, 5) is 4.83. The molecule has 0 amide bonds. The van der Waals surface area contributed by atoms with Crippen LogP contribution in [-0.2, 0) is 0 Å². The summed E-state index contributed by atoms with van der Waals surface area (Å²) >= 11 is 0. The first kappa shape index (κ1) is 14.6. The molecule has 1 rings (SSSR count). The lowest BCUT2D eigenvalue weighted by molar-refractivity contribution is 0.259. The van der Waals surface area contributed by atoms with Crippen molar-refractivity contribution in [1.29, 1.82) is 0 Å². The summed E-state index contributed by atoms with van der Waals surface area (Å²) in [5.41, 5.74) is 0. The molecule has 0 fully saturated rings. The normalized spacial score (nSPS) is 14.5. The molecule has 90 valence electrons. The minimum absolute atomic E-state index is 0. The van der Waals surface area contributed by atoms with Crippen molar-refractivity contribution < 1.29 is 0 Å². The summed E-state index contributed by atoms with van der Waals surface area (Å²) in [7, 11) is 0. The second-order valence-electron chi connectivity index (χ2n) is 4.12. The average Bonchev–Trinajstić information content (AvgIpc) is 2.63. The molecule has 0 unspecified atom stereocenters. The summed E-state index contributed by atoms with van der Waals surface area (Å²) < 4.78 is 0. The molecule has 1 heterocycles. The van der Waals surface area contributed by atoms with Gasteiger partial charge in [-0.1, -0.05) is 33.1 Å². The fourth-order valence-electron chi connectivity index (χ4n) is 1.73. The molecule has 0 aliphatic carbocycles. The molecule has 0 N–H and O–H groups in total. The Kier molecular flexibility index (Phi) is 8.68. The van der Waals surface area contributed by atoms with E-state index in [0.29, 0.717) is 0 Å². The van der Waals surface area contributed by atoms with E-state index in [0.717, 1.165) is 6.67 Å². The lowest BCUT2D eigenvalue weighted by Crippen LogP contribution is -2.26. The highest BCUT2D eigenvalue weighted by molar-refractivity contribution is 5.85. The van der Waals surface area contributed by atoms with Crippen molar-refractivity contribution in [2.24, 2.45) is 0 Å². The van der Waals surface area contributed by atoms with E-state index in [-0.39, 0.29) is 12.4 Å². The van der Waals surface area contributed by atoms with Gasteiger partial charge in [-0.05, 0) is 12.8 Å². The van der Waals surface area contributed by atoms with Crippen LogP contribution in [0.25, 0.3) is 0 Å². The summed E-state index contributed by atoms with van der Waals surface area (Å²) in [6, 6.07) is 0. The third-order valence-corrected chi connectivity index (χ3v) is 2.70. The van der Waals surface area contributed by atoms with E-state index in [2.05, 4.69) is 36.0 Å². The number of unbranched alkanes of at least 4 members (excludes halogenated alkanes) is 3. The van der Waals surface area contributed by atoms with Crippen LogP contribution in [-0.4, -0.2) is 29.6 Å². The van der Waals surface area contributed by atoms with Gasteiger partial charge >= 0.3 is 0 Å².